The van der Waals surface area contributed by atoms with Crippen LogP contribution in [-0.4, -0.2) is 68.8 Å². The number of sulfonamides is 1. The number of thiazole rings is 1. The third kappa shape index (κ3) is 5.73. The van der Waals surface area contributed by atoms with Crippen LogP contribution in [0.2, 0.25) is 4.34 Å². The van der Waals surface area contributed by atoms with Crippen LogP contribution in [0.1, 0.15) is 30.4 Å². The highest BCUT2D eigenvalue weighted by molar-refractivity contribution is 7.91. The fourth-order valence-corrected chi connectivity index (χ4v) is 8.54. The standard InChI is InChI=1S/C24H31ClN4O3S3/c1-16-8-9-19-22(17(16)2)26-24(33-19)29(14-6-12-27(3)4)23(30)18-7-5-13-28(15-18)35(31,32)21-11-10-20(25)34-21/h8-11,18H,5-7,12-15H2,1-4H3. The zero-order valence-electron chi connectivity index (χ0n) is 20.5. The first kappa shape index (κ1) is 26.5. The Balaban J connectivity index is 1.61. The molecule has 4 rings (SSSR count). The maximum absolute atomic E-state index is 13.9. The number of nitrogens with zero attached hydrogens (tertiary/aromatic N) is 4. The number of hydrogen-bond acceptors (Lipinski definition) is 7. The summed E-state index contributed by atoms with van der Waals surface area (Å²) in [4.78, 5) is 22.6. The van der Waals surface area contributed by atoms with Crippen molar-refractivity contribution in [1.29, 1.82) is 0 Å². The predicted octanol–water partition coefficient (Wildman–Crippen LogP) is 5.01. The Morgan fingerprint density at radius 1 is 1.17 bits per heavy atom. The summed E-state index contributed by atoms with van der Waals surface area (Å²) in [6.07, 6.45) is 2.09. The van der Waals surface area contributed by atoms with E-state index in [2.05, 4.69) is 30.9 Å². The topological polar surface area (TPSA) is 73.8 Å². The smallest absolute Gasteiger partial charge is 0.252 e. The van der Waals surface area contributed by atoms with Crippen molar-refractivity contribution < 1.29 is 13.2 Å². The van der Waals surface area contributed by atoms with E-state index in [0.717, 1.165) is 40.1 Å². The van der Waals surface area contributed by atoms with Crippen LogP contribution in [0.5, 0.6) is 0 Å². The molecule has 0 saturated carbocycles. The fraction of sp³-hybridized carbons (Fsp3) is 0.500. The Kier molecular flexibility index (Phi) is 8.19. The number of piperidine rings is 1. The molecule has 11 heteroatoms. The number of thiophene rings is 1. The molecule has 2 aromatic heterocycles. The van der Waals surface area contributed by atoms with E-state index in [1.165, 1.54) is 27.3 Å². The van der Waals surface area contributed by atoms with Crippen LogP contribution < -0.4 is 4.90 Å². The second-order valence-corrected chi connectivity index (χ2v) is 14.1. The van der Waals surface area contributed by atoms with Gasteiger partial charge in [-0.2, -0.15) is 4.31 Å². The van der Waals surface area contributed by atoms with Gasteiger partial charge in [0.25, 0.3) is 10.0 Å². The van der Waals surface area contributed by atoms with Crippen molar-refractivity contribution in [3.8, 4) is 0 Å². The van der Waals surface area contributed by atoms with Crippen molar-refractivity contribution in [3.63, 3.8) is 0 Å². The van der Waals surface area contributed by atoms with Gasteiger partial charge in [0, 0.05) is 19.6 Å². The number of fused-ring (bicyclic) bond motifs is 1. The van der Waals surface area contributed by atoms with Crippen LogP contribution >= 0.6 is 34.3 Å². The third-order valence-electron chi connectivity index (χ3n) is 6.43. The zero-order valence-corrected chi connectivity index (χ0v) is 23.7. The minimum atomic E-state index is -3.68. The zero-order chi connectivity index (χ0) is 25.3. The highest BCUT2D eigenvalue weighted by Crippen LogP contribution is 2.35. The predicted molar refractivity (Wildman–Crippen MR) is 145 cm³/mol. The molecule has 3 heterocycles. The van der Waals surface area contributed by atoms with Crippen LogP contribution in [0.4, 0.5) is 5.13 Å². The molecule has 1 aromatic carbocycles. The average Bonchev–Trinajstić information content (AvgIpc) is 3.46. The molecular weight excluding hydrogens is 524 g/mol. The largest absolute Gasteiger partial charge is 0.309 e. The first-order valence-electron chi connectivity index (χ1n) is 11.7. The number of rotatable bonds is 8. The summed E-state index contributed by atoms with van der Waals surface area (Å²) in [6.45, 7) is 6.08. The first-order valence-corrected chi connectivity index (χ1v) is 15.1. The summed E-state index contributed by atoms with van der Waals surface area (Å²) in [5, 5.41) is 0.683. The van der Waals surface area contributed by atoms with E-state index in [-0.39, 0.29) is 16.7 Å². The Hall–Kier alpha value is -1.56. The van der Waals surface area contributed by atoms with E-state index in [1.54, 1.807) is 11.0 Å². The van der Waals surface area contributed by atoms with Gasteiger partial charge in [0.05, 0.1) is 20.5 Å². The second-order valence-electron chi connectivity index (χ2n) is 9.26. The molecule has 3 aromatic rings. The summed E-state index contributed by atoms with van der Waals surface area (Å²) >= 11 is 8.55. The third-order valence-corrected chi connectivity index (χ3v) is 11.0. The lowest BCUT2D eigenvalue weighted by molar-refractivity contribution is -0.123. The summed E-state index contributed by atoms with van der Waals surface area (Å²) in [6, 6.07) is 7.27. The van der Waals surface area contributed by atoms with E-state index >= 15 is 0 Å². The Bertz CT molecular complexity index is 1320. The molecule has 0 spiro atoms. The SMILES string of the molecule is Cc1ccc2sc(N(CCCN(C)C)C(=O)C3CCCN(S(=O)(=O)c4ccc(Cl)s4)C3)nc2c1C. The molecule has 1 unspecified atom stereocenters. The van der Waals surface area contributed by atoms with Crippen molar-refractivity contribution in [2.75, 3.05) is 45.2 Å². The van der Waals surface area contributed by atoms with Crippen LogP contribution in [-0.2, 0) is 14.8 Å². The number of benzene rings is 1. The summed E-state index contributed by atoms with van der Waals surface area (Å²) in [5.74, 6) is -0.468. The van der Waals surface area contributed by atoms with Gasteiger partial charge in [0.1, 0.15) is 4.21 Å². The summed E-state index contributed by atoms with van der Waals surface area (Å²) in [7, 11) is 0.341. The van der Waals surface area contributed by atoms with E-state index in [9.17, 15) is 13.2 Å². The molecule has 7 nitrogen and oxygen atoms in total. The van der Waals surface area contributed by atoms with Gasteiger partial charge in [-0.1, -0.05) is 29.0 Å². The number of amides is 1. The maximum Gasteiger partial charge on any atom is 0.252 e. The van der Waals surface area contributed by atoms with Crippen molar-refractivity contribution in [1.82, 2.24) is 14.2 Å². The molecule has 1 saturated heterocycles. The van der Waals surface area contributed by atoms with Gasteiger partial charge in [-0.25, -0.2) is 13.4 Å². The lowest BCUT2D eigenvalue weighted by atomic mass is 9.98. The maximum atomic E-state index is 13.9. The molecule has 190 valence electrons. The van der Waals surface area contributed by atoms with E-state index in [0.29, 0.717) is 35.4 Å². The Morgan fingerprint density at radius 2 is 1.94 bits per heavy atom. The lowest BCUT2D eigenvalue weighted by Crippen LogP contribution is -2.47. The second kappa shape index (κ2) is 10.8. The molecule has 0 radical (unpaired) electrons. The molecular formula is C24H31ClN4O3S3. The number of carbonyl (C=O) groups is 1. The monoisotopic (exact) mass is 554 g/mol. The lowest BCUT2D eigenvalue weighted by Gasteiger charge is -2.33. The fourth-order valence-electron chi connectivity index (χ4n) is 4.32. The number of anilines is 1. The molecule has 0 bridgehead atoms. The van der Waals surface area contributed by atoms with Crippen LogP contribution in [0, 0.1) is 19.8 Å². The summed E-state index contributed by atoms with van der Waals surface area (Å²) in [5.41, 5.74) is 3.22. The summed E-state index contributed by atoms with van der Waals surface area (Å²) < 4.78 is 29.5. The average molecular weight is 555 g/mol. The molecule has 1 aliphatic heterocycles. The quantitative estimate of drug-likeness (QED) is 0.391. The van der Waals surface area contributed by atoms with Gasteiger partial charge in [-0.3, -0.25) is 9.69 Å². The highest BCUT2D eigenvalue weighted by Gasteiger charge is 2.36. The van der Waals surface area contributed by atoms with E-state index < -0.39 is 15.9 Å². The normalized spacial score (nSPS) is 17.4. The van der Waals surface area contributed by atoms with Gasteiger partial charge < -0.3 is 4.90 Å². The Morgan fingerprint density at radius 3 is 2.63 bits per heavy atom. The number of aromatic nitrogens is 1. The van der Waals surface area contributed by atoms with E-state index in [1.807, 2.05) is 14.1 Å². The molecule has 0 N–H and O–H groups in total. The molecule has 1 amide bonds. The van der Waals surface area contributed by atoms with Gasteiger partial charge >= 0.3 is 0 Å². The van der Waals surface area contributed by atoms with Gasteiger partial charge in [-0.15, -0.1) is 11.3 Å². The van der Waals surface area contributed by atoms with Gasteiger partial charge in [0.2, 0.25) is 5.91 Å². The van der Waals surface area contributed by atoms with Gasteiger partial charge in [-0.05, 0) is 83.1 Å². The van der Waals surface area contributed by atoms with Crippen LogP contribution in [0.3, 0.4) is 0 Å². The molecule has 0 aliphatic carbocycles. The minimum absolute atomic E-state index is 0.0544. The molecule has 1 atom stereocenters. The van der Waals surface area contributed by atoms with Crippen LogP contribution in [0.15, 0.2) is 28.5 Å². The van der Waals surface area contributed by atoms with Crippen LogP contribution in [0.25, 0.3) is 10.2 Å². The van der Waals surface area contributed by atoms with Crippen molar-refractivity contribution in [3.05, 3.63) is 39.7 Å². The van der Waals surface area contributed by atoms with E-state index in [4.69, 9.17) is 16.6 Å². The van der Waals surface area contributed by atoms with Crippen molar-refractivity contribution >= 4 is 65.6 Å². The number of aryl methyl sites for hydroxylation is 2. The molecule has 1 aliphatic rings. The minimum Gasteiger partial charge on any atom is -0.309 e. The number of carbonyl (C=O) groups excluding carboxylic acids is 1. The highest BCUT2D eigenvalue weighted by atomic mass is 35.5. The molecule has 1 fully saturated rings. The number of hydrogen-bond donors (Lipinski definition) is 0. The van der Waals surface area contributed by atoms with Crippen molar-refractivity contribution in [2.45, 2.75) is 37.3 Å². The van der Waals surface area contributed by atoms with Crippen molar-refractivity contribution in [2.24, 2.45) is 5.92 Å². The molecule has 35 heavy (non-hydrogen) atoms. The first-order chi connectivity index (χ1) is 16.6. The van der Waals surface area contributed by atoms with Gasteiger partial charge in [0.15, 0.2) is 5.13 Å². The number of halogens is 1. The Labute approximate surface area is 220 Å².